The number of hydrogen-bond donors (Lipinski definition) is 1. The van der Waals surface area contributed by atoms with E-state index in [-0.39, 0.29) is 11.3 Å². The highest BCUT2D eigenvalue weighted by atomic mass is 16.7. The van der Waals surface area contributed by atoms with Gasteiger partial charge in [-0.15, -0.1) is 0 Å². The van der Waals surface area contributed by atoms with E-state index in [0.717, 1.165) is 0 Å². The number of para-hydroxylation sites is 1. The summed E-state index contributed by atoms with van der Waals surface area (Å²) in [4.78, 5) is 11.0. The highest BCUT2D eigenvalue weighted by Gasteiger charge is 2.80. The molecule has 2 bridgehead atoms. The van der Waals surface area contributed by atoms with Gasteiger partial charge < -0.3 is 9.47 Å². The Labute approximate surface area is 167 Å². The van der Waals surface area contributed by atoms with Gasteiger partial charge in [0.1, 0.15) is 6.10 Å². The maximum atomic E-state index is 11.6. The van der Waals surface area contributed by atoms with Crippen LogP contribution in [0, 0.1) is 66.3 Å². The van der Waals surface area contributed by atoms with Crippen LogP contribution in [0.5, 0.6) is 0 Å². The molecule has 29 heavy (non-hydrogen) atoms. The highest BCUT2D eigenvalue weighted by Crippen LogP contribution is 2.68. The number of rotatable bonds is 5. The monoisotopic (exact) mass is 393 g/mol. The number of nitriles is 3. The van der Waals surface area contributed by atoms with Gasteiger partial charge in [-0.25, -0.2) is 0 Å². The summed E-state index contributed by atoms with van der Waals surface area (Å²) in [5.74, 6) is -2.66. The number of nitrogens with one attached hydrogen (secondary N) is 1. The molecule has 4 unspecified atom stereocenters. The predicted molar refractivity (Wildman–Crippen MR) is 98.9 cm³/mol. The lowest BCUT2D eigenvalue weighted by atomic mass is 9.52. The second-order valence-electron chi connectivity index (χ2n) is 7.22. The second kappa shape index (κ2) is 6.84. The molecule has 0 aliphatic carbocycles. The first-order valence-corrected chi connectivity index (χ1v) is 9.27. The van der Waals surface area contributed by atoms with E-state index < -0.39 is 39.5 Å². The van der Waals surface area contributed by atoms with Crippen LogP contribution >= 0.6 is 0 Å². The minimum absolute atomic E-state index is 0.00792. The topological polar surface area (TPSA) is 157 Å². The summed E-state index contributed by atoms with van der Waals surface area (Å²) in [6.07, 6.45) is -0.219. The molecule has 2 saturated heterocycles. The third-order valence-corrected chi connectivity index (χ3v) is 5.97. The Morgan fingerprint density at radius 2 is 1.86 bits per heavy atom. The van der Waals surface area contributed by atoms with Crippen molar-refractivity contribution in [3.8, 4) is 18.2 Å². The van der Waals surface area contributed by atoms with Crippen molar-refractivity contribution in [2.75, 3.05) is 0 Å². The van der Waals surface area contributed by atoms with E-state index in [4.69, 9.17) is 14.9 Å². The lowest BCUT2D eigenvalue weighted by Crippen LogP contribution is -2.59. The SMILES string of the molecule is CCCC12OC(=N)C(C#N)(C1CC)C(C#N)(C#N)C(c1ccccc1[N+](=O)[O-])O2. The molecule has 1 N–H and O–H groups in total. The molecule has 4 atom stereocenters. The molecular formula is C20H19N5O4. The van der Waals surface area contributed by atoms with Crippen LogP contribution in [0.3, 0.4) is 0 Å². The first-order valence-electron chi connectivity index (χ1n) is 9.27. The lowest BCUT2D eigenvalue weighted by molar-refractivity contribution is -0.387. The fraction of sp³-hybridized carbons (Fsp3) is 0.500. The van der Waals surface area contributed by atoms with Gasteiger partial charge in [-0.1, -0.05) is 26.0 Å². The van der Waals surface area contributed by atoms with E-state index in [2.05, 4.69) is 0 Å². The molecule has 0 saturated carbocycles. The van der Waals surface area contributed by atoms with E-state index in [0.29, 0.717) is 19.3 Å². The van der Waals surface area contributed by atoms with Crippen molar-refractivity contribution in [1.82, 2.24) is 0 Å². The third kappa shape index (κ3) is 2.30. The van der Waals surface area contributed by atoms with Crippen molar-refractivity contribution in [3.63, 3.8) is 0 Å². The van der Waals surface area contributed by atoms with Gasteiger partial charge in [0.25, 0.3) is 5.69 Å². The molecule has 9 heteroatoms. The standard InChI is InChI=1S/C20H19N5O4/c1-3-9-20-15(4-2)19(12-23,17(24)29-20)18(10-21,11-22)16(28-20)13-7-5-6-8-14(13)25(26)27/h5-8,15-16,24H,3-4,9H2,1-2H3. The van der Waals surface area contributed by atoms with Gasteiger partial charge in [0.05, 0.1) is 34.6 Å². The Hall–Kier alpha value is -3.48. The van der Waals surface area contributed by atoms with Gasteiger partial charge in [0.15, 0.2) is 5.41 Å². The van der Waals surface area contributed by atoms with E-state index in [1.54, 1.807) is 6.92 Å². The molecular weight excluding hydrogens is 374 g/mol. The average molecular weight is 393 g/mol. The molecule has 3 rings (SSSR count). The Morgan fingerprint density at radius 1 is 1.21 bits per heavy atom. The van der Waals surface area contributed by atoms with Crippen LogP contribution in [-0.2, 0) is 9.47 Å². The summed E-state index contributed by atoms with van der Waals surface area (Å²) in [5, 5.41) is 50.5. The predicted octanol–water partition coefficient (Wildman–Crippen LogP) is 3.74. The summed E-state index contributed by atoms with van der Waals surface area (Å²) in [6.45, 7) is 3.65. The Morgan fingerprint density at radius 3 is 2.38 bits per heavy atom. The summed E-state index contributed by atoms with van der Waals surface area (Å²) in [5.41, 5.74) is -4.42. The van der Waals surface area contributed by atoms with Crippen molar-refractivity contribution in [1.29, 1.82) is 21.2 Å². The van der Waals surface area contributed by atoms with Gasteiger partial charge >= 0.3 is 0 Å². The summed E-state index contributed by atoms with van der Waals surface area (Å²) in [6, 6.07) is 11.5. The van der Waals surface area contributed by atoms with Crippen LogP contribution in [0.1, 0.15) is 44.8 Å². The van der Waals surface area contributed by atoms with Crippen LogP contribution < -0.4 is 0 Å². The Bertz CT molecular complexity index is 989. The van der Waals surface area contributed by atoms with Gasteiger partial charge in [-0.3, -0.25) is 15.5 Å². The zero-order valence-electron chi connectivity index (χ0n) is 16.0. The van der Waals surface area contributed by atoms with Crippen LogP contribution in [-0.4, -0.2) is 16.6 Å². The molecule has 2 aliphatic heterocycles. The third-order valence-electron chi connectivity index (χ3n) is 5.97. The molecule has 1 aromatic rings. The maximum Gasteiger partial charge on any atom is 0.275 e. The number of benzene rings is 1. The largest absolute Gasteiger partial charge is 0.447 e. The first-order chi connectivity index (χ1) is 13.8. The summed E-state index contributed by atoms with van der Waals surface area (Å²) in [7, 11) is 0. The fourth-order valence-corrected chi connectivity index (χ4v) is 4.82. The minimum atomic E-state index is -2.20. The molecule has 0 aromatic heterocycles. The van der Waals surface area contributed by atoms with Crippen molar-refractivity contribution < 1.29 is 14.4 Å². The fourth-order valence-electron chi connectivity index (χ4n) is 4.82. The van der Waals surface area contributed by atoms with Crippen LogP contribution in [0.2, 0.25) is 0 Å². The van der Waals surface area contributed by atoms with Crippen molar-refractivity contribution in [2.24, 2.45) is 16.7 Å². The van der Waals surface area contributed by atoms with Crippen LogP contribution in [0.4, 0.5) is 5.69 Å². The molecule has 0 radical (unpaired) electrons. The zero-order chi connectivity index (χ0) is 21.4. The van der Waals surface area contributed by atoms with Crippen molar-refractivity contribution >= 4 is 11.6 Å². The normalized spacial score (nSPS) is 31.8. The smallest absolute Gasteiger partial charge is 0.275 e. The van der Waals surface area contributed by atoms with E-state index in [1.807, 2.05) is 25.1 Å². The Balaban J connectivity index is 2.40. The molecule has 2 fully saturated rings. The molecule has 9 nitrogen and oxygen atoms in total. The summed E-state index contributed by atoms with van der Waals surface area (Å²) >= 11 is 0. The van der Waals surface area contributed by atoms with Crippen LogP contribution in [0.15, 0.2) is 24.3 Å². The lowest BCUT2D eigenvalue weighted by Gasteiger charge is -2.49. The van der Waals surface area contributed by atoms with Crippen LogP contribution in [0.25, 0.3) is 0 Å². The van der Waals surface area contributed by atoms with E-state index >= 15 is 0 Å². The van der Waals surface area contributed by atoms with E-state index in [1.165, 1.54) is 24.3 Å². The van der Waals surface area contributed by atoms with Gasteiger partial charge in [-0.05, 0) is 18.9 Å². The van der Waals surface area contributed by atoms with Gasteiger partial charge in [0, 0.05) is 12.5 Å². The van der Waals surface area contributed by atoms with E-state index in [9.17, 15) is 25.9 Å². The zero-order valence-corrected chi connectivity index (χ0v) is 16.0. The maximum absolute atomic E-state index is 11.6. The number of fused-ring (bicyclic) bond motifs is 2. The van der Waals surface area contributed by atoms with Crippen molar-refractivity contribution in [3.05, 3.63) is 39.9 Å². The molecule has 2 heterocycles. The number of hydrogen-bond acceptors (Lipinski definition) is 8. The van der Waals surface area contributed by atoms with Crippen molar-refractivity contribution in [2.45, 2.75) is 45.0 Å². The molecule has 2 aliphatic rings. The first kappa shape index (κ1) is 20.3. The molecule has 148 valence electrons. The minimum Gasteiger partial charge on any atom is -0.447 e. The number of ether oxygens (including phenoxy) is 2. The average Bonchev–Trinajstić information content (AvgIpc) is 2.91. The quantitative estimate of drug-likeness (QED) is 0.589. The second-order valence-corrected chi connectivity index (χ2v) is 7.22. The molecule has 1 aromatic carbocycles. The molecule has 0 spiro atoms. The van der Waals surface area contributed by atoms with Gasteiger partial charge in [0.2, 0.25) is 17.1 Å². The number of nitrogens with zero attached hydrogens (tertiary/aromatic N) is 4. The number of nitro benzene ring substituents is 1. The highest BCUT2D eigenvalue weighted by molar-refractivity contribution is 5.89. The summed E-state index contributed by atoms with van der Waals surface area (Å²) < 4.78 is 12.0. The molecule has 0 amide bonds. The number of nitro groups is 1. The van der Waals surface area contributed by atoms with Gasteiger partial charge in [-0.2, -0.15) is 15.8 Å². The Kier molecular flexibility index (Phi) is 4.78.